The number of carbonyl (C=O) groups is 1. The molecule has 2 aliphatic rings. The highest BCUT2D eigenvalue weighted by molar-refractivity contribution is 5.84. The number of hydrogen-bond acceptors (Lipinski definition) is 3. The van der Waals surface area contributed by atoms with E-state index < -0.39 is 0 Å². The number of likely N-dealkylation sites (tertiary alicyclic amines) is 1. The zero-order valence-electron chi connectivity index (χ0n) is 9.48. The van der Waals surface area contributed by atoms with E-state index in [1.165, 1.54) is 6.42 Å². The molecule has 0 aromatic carbocycles. The number of rotatable bonds is 1. The van der Waals surface area contributed by atoms with E-state index in [0.717, 1.165) is 32.2 Å². The number of ketones is 1. The number of hydrogen-bond donors (Lipinski definition) is 1. The molecule has 15 heavy (non-hydrogen) atoms. The summed E-state index contributed by atoms with van der Waals surface area (Å²) in [7, 11) is 0. The van der Waals surface area contributed by atoms with Gasteiger partial charge in [-0.3, -0.25) is 9.69 Å². The molecule has 2 fully saturated rings. The Morgan fingerprint density at radius 2 is 2.13 bits per heavy atom. The molecular formula is C12H21NO2. The maximum atomic E-state index is 11.8. The Labute approximate surface area is 91.5 Å². The van der Waals surface area contributed by atoms with E-state index in [4.69, 9.17) is 0 Å². The van der Waals surface area contributed by atoms with Crippen LogP contribution in [0, 0.1) is 5.92 Å². The van der Waals surface area contributed by atoms with Crippen molar-refractivity contribution in [3.63, 3.8) is 0 Å². The van der Waals surface area contributed by atoms with Crippen molar-refractivity contribution < 1.29 is 9.90 Å². The first-order valence-electron chi connectivity index (χ1n) is 6.13. The van der Waals surface area contributed by atoms with Crippen LogP contribution >= 0.6 is 0 Å². The van der Waals surface area contributed by atoms with Crippen molar-refractivity contribution in [2.75, 3.05) is 13.1 Å². The second kappa shape index (κ2) is 4.62. The number of aliphatic hydroxyl groups excluding tert-OH is 1. The van der Waals surface area contributed by atoms with Crippen LogP contribution in [-0.4, -0.2) is 41.0 Å². The van der Waals surface area contributed by atoms with Crippen LogP contribution in [-0.2, 0) is 4.79 Å². The van der Waals surface area contributed by atoms with Crippen LogP contribution in [0.2, 0.25) is 0 Å². The van der Waals surface area contributed by atoms with Crippen LogP contribution in [0.1, 0.15) is 39.0 Å². The lowest BCUT2D eigenvalue weighted by Crippen LogP contribution is -2.51. The third kappa shape index (κ3) is 2.40. The highest BCUT2D eigenvalue weighted by Crippen LogP contribution is 2.25. The normalized spacial score (nSPS) is 39.3. The fourth-order valence-corrected chi connectivity index (χ4v) is 2.71. The minimum absolute atomic E-state index is 0.112. The van der Waals surface area contributed by atoms with Crippen molar-refractivity contribution in [1.29, 1.82) is 0 Å². The predicted octanol–water partition coefficient (Wildman–Crippen LogP) is 1.20. The maximum absolute atomic E-state index is 11.8. The number of piperidine rings is 1. The van der Waals surface area contributed by atoms with Crippen LogP contribution in [0.3, 0.4) is 0 Å². The van der Waals surface area contributed by atoms with E-state index in [-0.39, 0.29) is 12.1 Å². The summed E-state index contributed by atoms with van der Waals surface area (Å²) in [6, 6.07) is 0.112. The first kappa shape index (κ1) is 11.1. The lowest BCUT2D eigenvalue weighted by Gasteiger charge is -2.39. The smallest absolute Gasteiger partial charge is 0.149 e. The van der Waals surface area contributed by atoms with Crippen LogP contribution in [0.5, 0.6) is 0 Å². The maximum Gasteiger partial charge on any atom is 0.149 e. The average Bonchev–Trinajstić information content (AvgIpc) is 2.23. The first-order valence-corrected chi connectivity index (χ1v) is 6.13. The van der Waals surface area contributed by atoms with Gasteiger partial charge in [-0.1, -0.05) is 13.3 Å². The molecule has 1 saturated carbocycles. The Kier molecular flexibility index (Phi) is 3.42. The Morgan fingerprint density at radius 3 is 2.80 bits per heavy atom. The SMILES string of the molecule is CC1CCN(C2CCCCC2=O)CC1O. The van der Waals surface area contributed by atoms with Crippen molar-refractivity contribution in [3.8, 4) is 0 Å². The molecule has 3 heteroatoms. The largest absolute Gasteiger partial charge is 0.392 e. The minimum Gasteiger partial charge on any atom is -0.392 e. The topological polar surface area (TPSA) is 40.5 Å². The van der Waals surface area contributed by atoms with Crippen molar-refractivity contribution in [2.24, 2.45) is 5.92 Å². The minimum atomic E-state index is -0.242. The highest BCUT2D eigenvalue weighted by Gasteiger charge is 2.33. The fraction of sp³-hybridized carbons (Fsp3) is 0.917. The number of β-amino-alcohol motifs (C(OH)–C–C–N with tert-alkyl or cyclic N) is 1. The lowest BCUT2D eigenvalue weighted by atomic mass is 9.89. The molecule has 0 aromatic heterocycles. The van der Waals surface area contributed by atoms with Gasteiger partial charge in [0.15, 0.2) is 0 Å². The van der Waals surface area contributed by atoms with Crippen LogP contribution in [0.15, 0.2) is 0 Å². The summed E-state index contributed by atoms with van der Waals surface area (Å²) in [4.78, 5) is 14.0. The molecule has 1 saturated heterocycles. The molecule has 1 aliphatic heterocycles. The summed E-state index contributed by atoms with van der Waals surface area (Å²) in [5.74, 6) is 0.781. The molecule has 3 nitrogen and oxygen atoms in total. The molecule has 1 N–H and O–H groups in total. The van der Waals surface area contributed by atoms with Gasteiger partial charge in [0.2, 0.25) is 0 Å². The standard InChI is InChI=1S/C12H21NO2/c1-9-6-7-13(8-12(9)15)10-4-2-3-5-11(10)14/h9-10,12,15H,2-8H2,1H3. The molecule has 3 atom stereocenters. The predicted molar refractivity (Wildman–Crippen MR) is 58.6 cm³/mol. The molecule has 1 aliphatic carbocycles. The van der Waals surface area contributed by atoms with E-state index in [2.05, 4.69) is 11.8 Å². The third-order valence-electron chi connectivity index (χ3n) is 3.91. The van der Waals surface area contributed by atoms with Gasteiger partial charge in [0.25, 0.3) is 0 Å². The molecule has 86 valence electrons. The first-order chi connectivity index (χ1) is 7.18. The van der Waals surface area contributed by atoms with E-state index in [0.29, 0.717) is 18.2 Å². The average molecular weight is 211 g/mol. The van der Waals surface area contributed by atoms with Gasteiger partial charge >= 0.3 is 0 Å². The summed E-state index contributed by atoms with van der Waals surface area (Å²) < 4.78 is 0. The Balaban J connectivity index is 1.95. The van der Waals surface area contributed by atoms with Crippen LogP contribution in [0.4, 0.5) is 0 Å². The summed E-state index contributed by atoms with van der Waals surface area (Å²) >= 11 is 0. The fourth-order valence-electron chi connectivity index (χ4n) is 2.71. The highest BCUT2D eigenvalue weighted by atomic mass is 16.3. The Hall–Kier alpha value is -0.410. The second-order valence-corrected chi connectivity index (χ2v) is 5.06. The van der Waals surface area contributed by atoms with Gasteiger partial charge in [0.1, 0.15) is 5.78 Å². The van der Waals surface area contributed by atoms with Gasteiger partial charge in [0, 0.05) is 13.0 Å². The van der Waals surface area contributed by atoms with Crippen LogP contribution in [0.25, 0.3) is 0 Å². The second-order valence-electron chi connectivity index (χ2n) is 5.06. The monoisotopic (exact) mass is 211 g/mol. The van der Waals surface area contributed by atoms with E-state index in [1.807, 2.05) is 0 Å². The molecule has 2 rings (SSSR count). The summed E-state index contributed by atoms with van der Waals surface area (Å²) in [6.45, 7) is 3.76. The summed E-state index contributed by atoms with van der Waals surface area (Å²) in [5, 5.41) is 9.81. The van der Waals surface area contributed by atoms with E-state index in [9.17, 15) is 9.90 Å². The Bertz CT molecular complexity index is 242. The molecule has 1 heterocycles. The summed E-state index contributed by atoms with van der Waals surface area (Å²) in [6.07, 6.45) is 4.74. The van der Waals surface area contributed by atoms with Gasteiger partial charge in [-0.05, 0) is 31.7 Å². The molecule has 3 unspecified atom stereocenters. The number of carbonyl (C=O) groups excluding carboxylic acids is 1. The molecular weight excluding hydrogens is 190 g/mol. The van der Waals surface area contributed by atoms with Gasteiger partial charge in [-0.25, -0.2) is 0 Å². The van der Waals surface area contributed by atoms with E-state index >= 15 is 0 Å². The molecule has 0 radical (unpaired) electrons. The lowest BCUT2D eigenvalue weighted by molar-refractivity contribution is -0.128. The molecule has 0 bridgehead atoms. The molecule has 0 spiro atoms. The quantitative estimate of drug-likeness (QED) is 0.708. The van der Waals surface area contributed by atoms with Gasteiger partial charge < -0.3 is 5.11 Å². The Morgan fingerprint density at radius 1 is 1.33 bits per heavy atom. The molecule has 0 aromatic rings. The number of nitrogens with zero attached hydrogens (tertiary/aromatic N) is 1. The third-order valence-corrected chi connectivity index (χ3v) is 3.91. The number of Topliss-reactive ketones (excluding diaryl/α,β-unsaturated/α-hetero) is 1. The molecule has 0 amide bonds. The number of aliphatic hydroxyl groups is 1. The van der Waals surface area contributed by atoms with Crippen molar-refractivity contribution in [3.05, 3.63) is 0 Å². The van der Waals surface area contributed by atoms with Crippen molar-refractivity contribution >= 4 is 5.78 Å². The van der Waals surface area contributed by atoms with Gasteiger partial charge in [-0.15, -0.1) is 0 Å². The summed E-state index contributed by atoms with van der Waals surface area (Å²) in [5.41, 5.74) is 0. The van der Waals surface area contributed by atoms with Crippen LogP contribution < -0.4 is 0 Å². The van der Waals surface area contributed by atoms with Gasteiger partial charge in [-0.2, -0.15) is 0 Å². The van der Waals surface area contributed by atoms with Crippen molar-refractivity contribution in [2.45, 2.75) is 51.2 Å². The van der Waals surface area contributed by atoms with Crippen molar-refractivity contribution in [1.82, 2.24) is 4.90 Å². The van der Waals surface area contributed by atoms with E-state index in [1.54, 1.807) is 0 Å². The zero-order chi connectivity index (χ0) is 10.8. The zero-order valence-corrected chi connectivity index (χ0v) is 9.48. The van der Waals surface area contributed by atoms with Gasteiger partial charge in [0.05, 0.1) is 12.1 Å².